The molecule has 0 radical (unpaired) electrons. The first-order valence-electron chi connectivity index (χ1n) is 5.94. The lowest BCUT2D eigenvalue weighted by molar-refractivity contribution is -0.0961. The Morgan fingerprint density at radius 2 is 2.06 bits per heavy atom. The minimum atomic E-state index is -0.0703. The van der Waals surface area contributed by atoms with Crippen molar-refractivity contribution in [2.45, 2.75) is 39.4 Å². The van der Waals surface area contributed by atoms with Crippen molar-refractivity contribution < 1.29 is 4.74 Å². The molecule has 0 saturated carbocycles. The molecule has 1 heterocycles. The van der Waals surface area contributed by atoms with Crippen LogP contribution in [0.4, 0.5) is 0 Å². The Morgan fingerprint density at radius 3 is 2.75 bits per heavy atom. The Kier molecular flexibility index (Phi) is 3.04. The van der Waals surface area contributed by atoms with Gasteiger partial charge in [-0.05, 0) is 44.4 Å². The Morgan fingerprint density at radius 1 is 1.31 bits per heavy atom. The molecule has 0 aromatic heterocycles. The van der Waals surface area contributed by atoms with Gasteiger partial charge in [-0.1, -0.05) is 18.2 Å². The van der Waals surface area contributed by atoms with Crippen molar-refractivity contribution in [2.24, 2.45) is 0 Å². The van der Waals surface area contributed by atoms with E-state index in [0.29, 0.717) is 0 Å². The van der Waals surface area contributed by atoms with E-state index in [0.717, 1.165) is 13.1 Å². The smallest absolute Gasteiger partial charge is 0.0959 e. The molecule has 1 aliphatic rings. The molecule has 1 N–H and O–H groups in total. The molecular formula is C14H21NO. The zero-order valence-electron chi connectivity index (χ0n) is 10.6. The quantitative estimate of drug-likeness (QED) is 0.784. The SMILES string of the molecule is Cc1cccc(C2CNCC(C)(C)O2)c1C. The van der Waals surface area contributed by atoms with Crippen LogP contribution >= 0.6 is 0 Å². The highest BCUT2D eigenvalue weighted by atomic mass is 16.5. The van der Waals surface area contributed by atoms with Crippen molar-refractivity contribution in [3.8, 4) is 0 Å². The van der Waals surface area contributed by atoms with Crippen LogP contribution in [0.2, 0.25) is 0 Å². The van der Waals surface area contributed by atoms with E-state index in [9.17, 15) is 0 Å². The Hall–Kier alpha value is -0.860. The summed E-state index contributed by atoms with van der Waals surface area (Å²) < 4.78 is 6.13. The molecular weight excluding hydrogens is 198 g/mol. The standard InChI is InChI=1S/C14H21NO/c1-10-6-5-7-12(11(10)2)13-8-15-9-14(3,4)16-13/h5-7,13,15H,8-9H2,1-4H3. The highest BCUT2D eigenvalue weighted by molar-refractivity contribution is 5.35. The third kappa shape index (κ3) is 2.28. The van der Waals surface area contributed by atoms with Gasteiger partial charge >= 0.3 is 0 Å². The topological polar surface area (TPSA) is 21.3 Å². The number of morpholine rings is 1. The third-order valence-electron chi connectivity index (χ3n) is 3.34. The largest absolute Gasteiger partial charge is 0.365 e. The van der Waals surface area contributed by atoms with Crippen molar-refractivity contribution in [3.05, 3.63) is 34.9 Å². The first-order chi connectivity index (χ1) is 7.49. The number of rotatable bonds is 1. The van der Waals surface area contributed by atoms with E-state index >= 15 is 0 Å². The lowest BCUT2D eigenvalue weighted by atomic mass is 9.96. The van der Waals surface area contributed by atoms with Gasteiger partial charge in [0, 0.05) is 13.1 Å². The third-order valence-corrected chi connectivity index (χ3v) is 3.34. The van der Waals surface area contributed by atoms with E-state index in [2.05, 4.69) is 51.2 Å². The summed E-state index contributed by atoms with van der Waals surface area (Å²) in [4.78, 5) is 0. The fourth-order valence-electron chi connectivity index (χ4n) is 2.27. The summed E-state index contributed by atoms with van der Waals surface area (Å²) in [6.45, 7) is 10.4. The Labute approximate surface area is 98.0 Å². The molecule has 0 spiro atoms. The molecule has 1 fully saturated rings. The zero-order chi connectivity index (χ0) is 11.8. The molecule has 16 heavy (non-hydrogen) atoms. The Bertz CT molecular complexity index is 384. The summed E-state index contributed by atoms with van der Waals surface area (Å²) >= 11 is 0. The summed E-state index contributed by atoms with van der Waals surface area (Å²) in [6.07, 6.45) is 0.184. The van der Waals surface area contributed by atoms with Crippen molar-refractivity contribution in [1.29, 1.82) is 0 Å². The van der Waals surface area contributed by atoms with Crippen LogP contribution in [0.3, 0.4) is 0 Å². The second kappa shape index (κ2) is 4.19. The lowest BCUT2D eigenvalue weighted by Gasteiger charge is -2.37. The van der Waals surface area contributed by atoms with E-state index < -0.39 is 0 Å². The van der Waals surface area contributed by atoms with Gasteiger partial charge in [0.05, 0.1) is 11.7 Å². The Balaban J connectivity index is 2.27. The van der Waals surface area contributed by atoms with Gasteiger partial charge in [-0.25, -0.2) is 0 Å². The number of hydrogen-bond donors (Lipinski definition) is 1. The molecule has 1 aromatic rings. The molecule has 2 rings (SSSR count). The maximum atomic E-state index is 6.13. The van der Waals surface area contributed by atoms with Gasteiger partial charge in [-0.2, -0.15) is 0 Å². The average Bonchev–Trinajstić information content (AvgIpc) is 2.20. The van der Waals surface area contributed by atoms with Crippen LogP contribution in [0, 0.1) is 13.8 Å². The summed E-state index contributed by atoms with van der Waals surface area (Å²) in [7, 11) is 0. The second-order valence-corrected chi connectivity index (χ2v) is 5.29. The van der Waals surface area contributed by atoms with E-state index in [-0.39, 0.29) is 11.7 Å². The first kappa shape index (κ1) is 11.6. The fraction of sp³-hybridized carbons (Fsp3) is 0.571. The number of nitrogens with one attached hydrogen (secondary N) is 1. The lowest BCUT2D eigenvalue weighted by Crippen LogP contribution is -2.47. The van der Waals surface area contributed by atoms with Crippen molar-refractivity contribution in [1.82, 2.24) is 5.32 Å². The molecule has 0 amide bonds. The maximum absolute atomic E-state index is 6.13. The van der Waals surface area contributed by atoms with Crippen molar-refractivity contribution in [2.75, 3.05) is 13.1 Å². The van der Waals surface area contributed by atoms with Crippen LogP contribution in [-0.4, -0.2) is 18.7 Å². The molecule has 1 aromatic carbocycles. The predicted octanol–water partition coefficient (Wildman–Crippen LogP) is 2.74. The molecule has 88 valence electrons. The molecule has 2 heteroatoms. The first-order valence-corrected chi connectivity index (χ1v) is 5.94. The van der Waals surface area contributed by atoms with Crippen LogP contribution in [0.1, 0.15) is 36.6 Å². The number of aryl methyl sites for hydroxylation is 1. The zero-order valence-corrected chi connectivity index (χ0v) is 10.6. The van der Waals surface area contributed by atoms with Crippen LogP contribution < -0.4 is 5.32 Å². The molecule has 2 nitrogen and oxygen atoms in total. The van der Waals surface area contributed by atoms with E-state index in [1.807, 2.05) is 0 Å². The summed E-state index contributed by atoms with van der Waals surface area (Å²) in [5, 5.41) is 3.45. The van der Waals surface area contributed by atoms with Crippen LogP contribution in [0.5, 0.6) is 0 Å². The molecule has 1 saturated heterocycles. The summed E-state index contributed by atoms with van der Waals surface area (Å²) in [5.74, 6) is 0. The monoisotopic (exact) mass is 219 g/mol. The van der Waals surface area contributed by atoms with Gasteiger partial charge in [0.1, 0.15) is 0 Å². The van der Waals surface area contributed by atoms with Crippen LogP contribution in [0.15, 0.2) is 18.2 Å². The second-order valence-electron chi connectivity index (χ2n) is 5.29. The average molecular weight is 219 g/mol. The molecule has 1 unspecified atom stereocenters. The van der Waals surface area contributed by atoms with Gasteiger partial charge in [0.2, 0.25) is 0 Å². The number of hydrogen-bond acceptors (Lipinski definition) is 2. The normalized spacial score (nSPS) is 24.4. The summed E-state index contributed by atoms with van der Waals surface area (Å²) in [6, 6.07) is 6.44. The van der Waals surface area contributed by atoms with Crippen molar-refractivity contribution in [3.63, 3.8) is 0 Å². The predicted molar refractivity (Wildman–Crippen MR) is 66.7 cm³/mol. The fourth-order valence-corrected chi connectivity index (χ4v) is 2.27. The minimum absolute atomic E-state index is 0.0703. The van der Waals surface area contributed by atoms with E-state index in [1.54, 1.807) is 0 Å². The molecule has 1 atom stereocenters. The molecule has 0 bridgehead atoms. The highest BCUT2D eigenvalue weighted by Gasteiger charge is 2.29. The van der Waals surface area contributed by atoms with E-state index in [1.165, 1.54) is 16.7 Å². The van der Waals surface area contributed by atoms with Gasteiger partial charge < -0.3 is 10.1 Å². The maximum Gasteiger partial charge on any atom is 0.0959 e. The summed E-state index contributed by atoms with van der Waals surface area (Å²) in [5.41, 5.74) is 3.94. The van der Waals surface area contributed by atoms with Crippen LogP contribution in [0.25, 0.3) is 0 Å². The van der Waals surface area contributed by atoms with Gasteiger partial charge in [-0.15, -0.1) is 0 Å². The van der Waals surface area contributed by atoms with Gasteiger partial charge in [0.25, 0.3) is 0 Å². The van der Waals surface area contributed by atoms with Crippen LogP contribution in [-0.2, 0) is 4.74 Å². The van der Waals surface area contributed by atoms with Gasteiger partial charge in [-0.3, -0.25) is 0 Å². The highest BCUT2D eigenvalue weighted by Crippen LogP contribution is 2.29. The number of ether oxygens (including phenoxy) is 1. The number of benzene rings is 1. The van der Waals surface area contributed by atoms with E-state index in [4.69, 9.17) is 4.74 Å². The minimum Gasteiger partial charge on any atom is -0.365 e. The molecule has 0 aliphatic carbocycles. The van der Waals surface area contributed by atoms with Crippen molar-refractivity contribution >= 4 is 0 Å². The molecule has 1 aliphatic heterocycles. The van der Waals surface area contributed by atoms with Gasteiger partial charge in [0.15, 0.2) is 0 Å².